The summed E-state index contributed by atoms with van der Waals surface area (Å²) in [4.78, 5) is 0. The Labute approximate surface area is 108 Å². The largest absolute Gasteiger partial charge is 0.504 e. The van der Waals surface area contributed by atoms with Gasteiger partial charge in [-0.15, -0.1) is 12.4 Å². The Hall–Kier alpha value is -1.42. The van der Waals surface area contributed by atoms with E-state index in [0.717, 1.165) is 0 Å². The normalized spacial score (nSPS) is 11.1. The van der Waals surface area contributed by atoms with E-state index in [4.69, 9.17) is 4.74 Å². The second-order valence-electron chi connectivity index (χ2n) is 4.52. The summed E-state index contributed by atoms with van der Waals surface area (Å²) in [6.07, 6.45) is 1.57. The second-order valence-corrected chi connectivity index (χ2v) is 4.52. The molecule has 2 N–H and O–H groups in total. The monoisotopic (exact) mass is 258 g/mol. The van der Waals surface area contributed by atoms with Crippen LogP contribution in [0.15, 0.2) is 23.3 Å². The van der Waals surface area contributed by atoms with Crippen molar-refractivity contribution in [3.63, 3.8) is 0 Å². The van der Waals surface area contributed by atoms with Gasteiger partial charge < -0.3 is 15.3 Å². The maximum atomic E-state index is 9.77. The molecule has 0 aliphatic heterocycles. The number of para-hydroxylation sites is 1. The van der Waals surface area contributed by atoms with Crippen LogP contribution in [0.4, 0.5) is 0 Å². The molecule has 0 spiro atoms. The van der Waals surface area contributed by atoms with Gasteiger partial charge in [0.25, 0.3) is 0 Å². The fraction of sp³-hybridized carbons (Fsp3) is 0.417. The maximum absolute atomic E-state index is 9.77. The number of phenols is 1. The Morgan fingerprint density at radius 2 is 2.00 bits per heavy atom. The lowest BCUT2D eigenvalue weighted by atomic mass is 10.1. The summed E-state index contributed by atoms with van der Waals surface area (Å²) >= 11 is 0. The Morgan fingerprint density at radius 1 is 1.35 bits per heavy atom. The molecule has 1 rings (SSSR count). The van der Waals surface area contributed by atoms with Gasteiger partial charge >= 0.3 is 0 Å². The van der Waals surface area contributed by atoms with Gasteiger partial charge in [0.05, 0.1) is 13.3 Å². The van der Waals surface area contributed by atoms with Crippen molar-refractivity contribution < 1.29 is 9.84 Å². The smallest absolute Gasteiger partial charge is 0.166 e. The zero-order chi connectivity index (χ0) is 12.2. The van der Waals surface area contributed by atoms with E-state index < -0.39 is 0 Å². The average molecular weight is 259 g/mol. The molecule has 0 aromatic heterocycles. The predicted octanol–water partition coefficient (Wildman–Crippen LogP) is 2.54. The van der Waals surface area contributed by atoms with Crippen LogP contribution in [0.3, 0.4) is 0 Å². The van der Waals surface area contributed by atoms with Crippen molar-refractivity contribution in [3.05, 3.63) is 23.8 Å². The van der Waals surface area contributed by atoms with Crippen molar-refractivity contribution in [3.8, 4) is 11.5 Å². The molecule has 17 heavy (non-hydrogen) atoms. The zero-order valence-electron chi connectivity index (χ0n) is 10.5. The molecular formula is C12H19ClN2O2. The summed E-state index contributed by atoms with van der Waals surface area (Å²) in [5.74, 6) is 0.546. The minimum absolute atomic E-state index is 0. The highest BCUT2D eigenvalue weighted by atomic mass is 35.5. The van der Waals surface area contributed by atoms with Crippen molar-refractivity contribution in [1.82, 2.24) is 5.43 Å². The number of hydrogen-bond donors (Lipinski definition) is 2. The van der Waals surface area contributed by atoms with Crippen LogP contribution < -0.4 is 10.2 Å². The molecule has 0 saturated carbocycles. The number of halogens is 1. The van der Waals surface area contributed by atoms with Gasteiger partial charge in [-0.05, 0) is 32.9 Å². The second kappa shape index (κ2) is 6.35. The molecule has 0 amide bonds. The van der Waals surface area contributed by atoms with E-state index in [1.54, 1.807) is 24.4 Å². The lowest BCUT2D eigenvalue weighted by molar-refractivity contribution is 0.373. The van der Waals surface area contributed by atoms with Crippen molar-refractivity contribution in [2.45, 2.75) is 26.3 Å². The fourth-order valence-electron chi connectivity index (χ4n) is 1.10. The molecule has 0 unspecified atom stereocenters. The highest BCUT2D eigenvalue weighted by Gasteiger charge is 2.07. The zero-order valence-corrected chi connectivity index (χ0v) is 11.3. The lowest BCUT2D eigenvalue weighted by Gasteiger charge is -2.17. The number of rotatable bonds is 3. The first-order valence-electron chi connectivity index (χ1n) is 5.10. The van der Waals surface area contributed by atoms with Crippen LogP contribution in [-0.2, 0) is 0 Å². The minimum Gasteiger partial charge on any atom is -0.504 e. The maximum Gasteiger partial charge on any atom is 0.166 e. The summed E-state index contributed by atoms with van der Waals surface area (Å²) in [5, 5.41) is 13.8. The third kappa shape index (κ3) is 4.95. The molecule has 0 bridgehead atoms. The highest BCUT2D eigenvalue weighted by molar-refractivity contribution is 5.85. The highest BCUT2D eigenvalue weighted by Crippen LogP contribution is 2.27. The number of benzene rings is 1. The van der Waals surface area contributed by atoms with E-state index in [1.165, 1.54) is 7.11 Å². The number of nitrogens with one attached hydrogen (secondary N) is 1. The van der Waals surface area contributed by atoms with Crippen LogP contribution in [-0.4, -0.2) is 24.0 Å². The summed E-state index contributed by atoms with van der Waals surface area (Å²) in [5.41, 5.74) is 3.48. The summed E-state index contributed by atoms with van der Waals surface area (Å²) in [6.45, 7) is 6.03. The molecule has 1 aromatic carbocycles. The van der Waals surface area contributed by atoms with Crippen LogP contribution >= 0.6 is 12.4 Å². The minimum atomic E-state index is -0.0923. The fourth-order valence-corrected chi connectivity index (χ4v) is 1.10. The van der Waals surface area contributed by atoms with Gasteiger partial charge in [-0.2, -0.15) is 5.10 Å². The van der Waals surface area contributed by atoms with Crippen LogP contribution in [0, 0.1) is 0 Å². The van der Waals surface area contributed by atoms with Gasteiger partial charge in [0.2, 0.25) is 0 Å². The van der Waals surface area contributed by atoms with Crippen LogP contribution in [0.25, 0.3) is 0 Å². The first-order valence-corrected chi connectivity index (χ1v) is 5.10. The molecule has 0 aliphatic rings. The third-order valence-electron chi connectivity index (χ3n) is 1.85. The first kappa shape index (κ1) is 15.6. The van der Waals surface area contributed by atoms with E-state index in [-0.39, 0.29) is 23.7 Å². The Bertz CT molecular complexity index is 387. The van der Waals surface area contributed by atoms with Crippen LogP contribution in [0.1, 0.15) is 26.3 Å². The van der Waals surface area contributed by atoms with Gasteiger partial charge in [-0.3, -0.25) is 0 Å². The molecule has 0 fully saturated rings. The molecule has 0 saturated heterocycles. The molecule has 0 aliphatic carbocycles. The van der Waals surface area contributed by atoms with Crippen molar-refractivity contribution >= 4 is 18.6 Å². The van der Waals surface area contributed by atoms with Gasteiger partial charge in [-0.25, -0.2) is 0 Å². The van der Waals surface area contributed by atoms with Crippen LogP contribution in [0.2, 0.25) is 0 Å². The quantitative estimate of drug-likeness (QED) is 0.647. The Kier molecular flexibility index (Phi) is 5.82. The van der Waals surface area contributed by atoms with Crippen molar-refractivity contribution in [2.75, 3.05) is 7.11 Å². The van der Waals surface area contributed by atoms with Crippen molar-refractivity contribution in [1.29, 1.82) is 0 Å². The number of hydrazone groups is 1. The topological polar surface area (TPSA) is 53.8 Å². The molecule has 1 aromatic rings. The van der Waals surface area contributed by atoms with Gasteiger partial charge in [-0.1, -0.05) is 6.07 Å². The third-order valence-corrected chi connectivity index (χ3v) is 1.85. The number of methoxy groups -OCH3 is 1. The number of ether oxygens (including phenoxy) is 1. The van der Waals surface area contributed by atoms with Crippen molar-refractivity contribution in [2.24, 2.45) is 5.10 Å². The number of nitrogens with zero attached hydrogens (tertiary/aromatic N) is 1. The Morgan fingerprint density at radius 3 is 2.53 bits per heavy atom. The summed E-state index contributed by atoms with van der Waals surface area (Å²) in [7, 11) is 1.52. The van der Waals surface area contributed by atoms with Crippen LogP contribution in [0.5, 0.6) is 11.5 Å². The summed E-state index contributed by atoms with van der Waals surface area (Å²) < 4.78 is 5.00. The number of hydrogen-bond acceptors (Lipinski definition) is 4. The predicted molar refractivity (Wildman–Crippen MR) is 72.4 cm³/mol. The molecule has 0 heterocycles. The van der Waals surface area contributed by atoms with E-state index in [9.17, 15) is 5.11 Å². The molecule has 5 heteroatoms. The first-order chi connectivity index (χ1) is 7.44. The lowest BCUT2D eigenvalue weighted by Crippen LogP contribution is -2.31. The molecular weight excluding hydrogens is 240 g/mol. The van der Waals surface area contributed by atoms with Gasteiger partial charge in [0.15, 0.2) is 11.5 Å². The molecule has 0 atom stereocenters. The van der Waals surface area contributed by atoms with Gasteiger partial charge in [0.1, 0.15) is 0 Å². The number of phenolic OH excluding ortho intramolecular Hbond substituents is 1. The Balaban J connectivity index is 0.00000256. The summed E-state index contributed by atoms with van der Waals surface area (Å²) in [6, 6.07) is 5.27. The number of aromatic hydroxyl groups is 1. The van der Waals surface area contributed by atoms with E-state index in [0.29, 0.717) is 11.3 Å². The van der Waals surface area contributed by atoms with E-state index in [2.05, 4.69) is 10.5 Å². The van der Waals surface area contributed by atoms with E-state index in [1.807, 2.05) is 20.8 Å². The van der Waals surface area contributed by atoms with Gasteiger partial charge in [0, 0.05) is 11.1 Å². The van der Waals surface area contributed by atoms with E-state index >= 15 is 0 Å². The standard InChI is InChI=1S/C12H18N2O2.ClH/c1-12(2,3)14-13-8-9-6-5-7-10(16-4)11(9)15;/h5-8,14-15H,1-4H3;1H. The average Bonchev–Trinajstić information content (AvgIpc) is 2.19. The molecule has 96 valence electrons. The SMILES string of the molecule is COc1cccc(C=NNC(C)(C)C)c1O.Cl. The molecule has 0 radical (unpaired) electrons. The molecule has 4 nitrogen and oxygen atoms in total.